The monoisotopic (exact) mass is 377 g/mol. The fourth-order valence-corrected chi connectivity index (χ4v) is 4.07. The maximum atomic E-state index is 13.1. The zero-order valence-electron chi connectivity index (χ0n) is 16.3. The van der Waals surface area contributed by atoms with Crippen molar-refractivity contribution in [2.75, 3.05) is 39.4 Å². The molecule has 3 heterocycles. The molecule has 2 bridgehead atoms. The lowest BCUT2D eigenvalue weighted by Crippen LogP contribution is -2.46. The summed E-state index contributed by atoms with van der Waals surface area (Å²) in [6.07, 6.45) is 6.07. The van der Waals surface area contributed by atoms with Gasteiger partial charge in [0.2, 0.25) is 0 Å². The van der Waals surface area contributed by atoms with Crippen molar-refractivity contribution in [1.82, 2.24) is 14.8 Å². The molecule has 0 saturated carbocycles. The summed E-state index contributed by atoms with van der Waals surface area (Å²) in [6, 6.07) is 14.4. The van der Waals surface area contributed by atoms with Crippen molar-refractivity contribution in [3.05, 3.63) is 71.6 Å². The second-order valence-electron chi connectivity index (χ2n) is 7.70. The molecular weight excluding hydrogens is 350 g/mol. The summed E-state index contributed by atoms with van der Waals surface area (Å²) in [6.45, 7) is 6.55. The SMILES string of the molecule is Cc1cccnc1C(=O)N1C[C@@H]2COC[C@H](C1)N(C/C=C/c1ccccc1)C2. The molecule has 0 spiro atoms. The molecule has 2 fully saturated rings. The van der Waals surface area contributed by atoms with Crippen molar-refractivity contribution in [1.29, 1.82) is 0 Å². The van der Waals surface area contributed by atoms with E-state index in [-0.39, 0.29) is 11.9 Å². The van der Waals surface area contributed by atoms with Crippen LogP contribution in [0.2, 0.25) is 0 Å². The van der Waals surface area contributed by atoms with Crippen molar-refractivity contribution in [2.45, 2.75) is 13.0 Å². The van der Waals surface area contributed by atoms with Gasteiger partial charge in [-0.1, -0.05) is 48.6 Å². The fraction of sp³-hybridized carbons (Fsp3) is 0.391. The van der Waals surface area contributed by atoms with Gasteiger partial charge in [-0.15, -0.1) is 0 Å². The highest BCUT2D eigenvalue weighted by atomic mass is 16.5. The molecule has 2 atom stereocenters. The summed E-state index contributed by atoms with van der Waals surface area (Å²) in [7, 11) is 0. The predicted molar refractivity (Wildman–Crippen MR) is 110 cm³/mol. The molecule has 2 aliphatic heterocycles. The van der Waals surface area contributed by atoms with E-state index in [2.05, 4.69) is 46.3 Å². The Morgan fingerprint density at radius 2 is 2.00 bits per heavy atom. The minimum atomic E-state index is 0.0386. The van der Waals surface area contributed by atoms with Gasteiger partial charge in [0.1, 0.15) is 5.69 Å². The number of aromatic nitrogens is 1. The molecule has 146 valence electrons. The van der Waals surface area contributed by atoms with Crippen molar-refractivity contribution in [2.24, 2.45) is 5.92 Å². The van der Waals surface area contributed by atoms with Crippen LogP contribution < -0.4 is 0 Å². The first-order chi connectivity index (χ1) is 13.7. The van der Waals surface area contributed by atoms with Gasteiger partial charge in [0.25, 0.3) is 5.91 Å². The molecule has 5 nitrogen and oxygen atoms in total. The number of pyridine rings is 1. The van der Waals surface area contributed by atoms with Gasteiger partial charge in [0.05, 0.1) is 19.3 Å². The van der Waals surface area contributed by atoms with E-state index in [0.717, 1.165) is 25.2 Å². The summed E-state index contributed by atoms with van der Waals surface area (Å²) in [4.78, 5) is 21.9. The third-order valence-electron chi connectivity index (χ3n) is 5.53. The molecular formula is C23H27N3O2. The molecule has 0 aliphatic carbocycles. The van der Waals surface area contributed by atoms with Crippen LogP contribution >= 0.6 is 0 Å². The zero-order valence-corrected chi connectivity index (χ0v) is 16.3. The van der Waals surface area contributed by atoms with Crippen LogP contribution in [-0.4, -0.2) is 66.1 Å². The van der Waals surface area contributed by atoms with E-state index in [1.54, 1.807) is 6.20 Å². The molecule has 1 amide bonds. The number of aryl methyl sites for hydroxylation is 1. The lowest BCUT2D eigenvalue weighted by Gasteiger charge is -2.30. The van der Waals surface area contributed by atoms with Crippen molar-refractivity contribution in [3.63, 3.8) is 0 Å². The van der Waals surface area contributed by atoms with Gasteiger partial charge < -0.3 is 9.64 Å². The molecule has 0 N–H and O–H groups in total. The fourth-order valence-electron chi connectivity index (χ4n) is 4.07. The summed E-state index contributed by atoms with van der Waals surface area (Å²) in [5.74, 6) is 0.363. The Morgan fingerprint density at radius 1 is 1.14 bits per heavy atom. The number of carbonyl (C=O) groups is 1. The van der Waals surface area contributed by atoms with Crippen LogP contribution in [0.15, 0.2) is 54.7 Å². The van der Waals surface area contributed by atoms with E-state index in [1.807, 2.05) is 30.0 Å². The first kappa shape index (κ1) is 18.8. The number of hydrogen-bond acceptors (Lipinski definition) is 4. The van der Waals surface area contributed by atoms with Crippen molar-refractivity contribution < 1.29 is 9.53 Å². The average Bonchev–Trinajstić information content (AvgIpc) is 2.99. The zero-order chi connectivity index (χ0) is 19.3. The van der Waals surface area contributed by atoms with Gasteiger partial charge in [-0.3, -0.25) is 14.7 Å². The van der Waals surface area contributed by atoms with Crippen LogP contribution in [0.25, 0.3) is 6.08 Å². The van der Waals surface area contributed by atoms with Crippen LogP contribution in [0.4, 0.5) is 0 Å². The van der Waals surface area contributed by atoms with E-state index in [1.165, 1.54) is 5.56 Å². The second kappa shape index (κ2) is 8.67. The lowest BCUT2D eigenvalue weighted by molar-refractivity contribution is 0.0419. The number of hydrogen-bond donors (Lipinski definition) is 0. The molecule has 2 saturated heterocycles. The Kier molecular flexibility index (Phi) is 5.84. The number of carbonyl (C=O) groups excluding carboxylic acids is 1. The molecule has 0 unspecified atom stereocenters. The number of nitrogens with zero attached hydrogens (tertiary/aromatic N) is 3. The molecule has 1 aromatic heterocycles. The van der Waals surface area contributed by atoms with Crippen molar-refractivity contribution >= 4 is 12.0 Å². The standard InChI is InChI=1S/C23H27N3O2/c1-18-7-5-11-24-22(18)23(27)26-14-20-13-25(21(15-26)17-28-16-20)12-6-10-19-8-3-2-4-9-19/h2-11,20-21H,12-17H2,1H3/b10-6+/t20-,21+/m1/s1. The molecule has 5 heteroatoms. The van der Waals surface area contributed by atoms with Gasteiger partial charge in [-0.25, -0.2) is 0 Å². The largest absolute Gasteiger partial charge is 0.379 e. The molecule has 4 rings (SSSR count). The normalized spacial score (nSPS) is 23.0. The third kappa shape index (κ3) is 4.32. The highest BCUT2D eigenvalue weighted by molar-refractivity contribution is 5.93. The van der Waals surface area contributed by atoms with Crippen LogP contribution in [0, 0.1) is 12.8 Å². The van der Waals surface area contributed by atoms with Gasteiger partial charge >= 0.3 is 0 Å². The topological polar surface area (TPSA) is 45.7 Å². The third-order valence-corrected chi connectivity index (χ3v) is 5.53. The van der Waals surface area contributed by atoms with Crippen LogP contribution in [0.3, 0.4) is 0 Å². The molecule has 28 heavy (non-hydrogen) atoms. The van der Waals surface area contributed by atoms with Gasteiger partial charge in [-0.2, -0.15) is 0 Å². The minimum absolute atomic E-state index is 0.0386. The smallest absolute Gasteiger partial charge is 0.272 e. The average molecular weight is 377 g/mol. The molecule has 1 aromatic carbocycles. The van der Waals surface area contributed by atoms with Gasteiger partial charge in [0.15, 0.2) is 0 Å². The first-order valence-electron chi connectivity index (χ1n) is 9.95. The quantitative estimate of drug-likeness (QED) is 0.822. The summed E-state index contributed by atoms with van der Waals surface area (Å²) >= 11 is 0. The maximum absolute atomic E-state index is 13.1. The summed E-state index contributed by atoms with van der Waals surface area (Å²) in [5.41, 5.74) is 2.71. The van der Waals surface area contributed by atoms with Gasteiger partial charge in [0, 0.05) is 38.3 Å². The van der Waals surface area contributed by atoms with Crippen LogP contribution in [0.5, 0.6) is 0 Å². The number of benzene rings is 1. The Bertz CT molecular complexity index is 837. The van der Waals surface area contributed by atoms with Crippen LogP contribution in [0.1, 0.15) is 21.6 Å². The highest BCUT2D eigenvalue weighted by Crippen LogP contribution is 2.21. The molecule has 2 aliphatic rings. The first-order valence-corrected chi connectivity index (χ1v) is 9.95. The summed E-state index contributed by atoms with van der Waals surface area (Å²) < 4.78 is 5.89. The Hall–Kier alpha value is -2.50. The van der Waals surface area contributed by atoms with E-state index in [4.69, 9.17) is 4.74 Å². The summed E-state index contributed by atoms with van der Waals surface area (Å²) in [5, 5.41) is 0. The Balaban J connectivity index is 1.47. The van der Waals surface area contributed by atoms with E-state index in [9.17, 15) is 4.79 Å². The number of amides is 1. The Morgan fingerprint density at radius 3 is 2.82 bits per heavy atom. The number of rotatable bonds is 4. The van der Waals surface area contributed by atoms with E-state index in [0.29, 0.717) is 31.4 Å². The molecule has 2 aromatic rings. The second-order valence-corrected chi connectivity index (χ2v) is 7.70. The Labute approximate surface area is 166 Å². The van der Waals surface area contributed by atoms with Gasteiger partial charge in [-0.05, 0) is 24.1 Å². The van der Waals surface area contributed by atoms with E-state index >= 15 is 0 Å². The van der Waals surface area contributed by atoms with Crippen LogP contribution in [-0.2, 0) is 4.74 Å². The minimum Gasteiger partial charge on any atom is -0.379 e. The highest BCUT2D eigenvalue weighted by Gasteiger charge is 2.35. The lowest BCUT2D eigenvalue weighted by atomic mass is 10.1. The molecule has 0 radical (unpaired) electrons. The van der Waals surface area contributed by atoms with E-state index < -0.39 is 0 Å². The van der Waals surface area contributed by atoms with Crippen molar-refractivity contribution in [3.8, 4) is 0 Å². The number of ether oxygens (including phenoxy) is 1. The maximum Gasteiger partial charge on any atom is 0.272 e. The number of fused-ring (bicyclic) bond motifs is 3. The predicted octanol–water partition coefficient (Wildman–Crippen LogP) is 2.88.